The van der Waals surface area contributed by atoms with Gasteiger partial charge in [-0.25, -0.2) is 4.79 Å². The van der Waals surface area contributed by atoms with Gasteiger partial charge in [0.15, 0.2) is 0 Å². The van der Waals surface area contributed by atoms with Crippen LogP contribution >= 0.6 is 11.6 Å². The Hall–Kier alpha value is -2.33. The summed E-state index contributed by atoms with van der Waals surface area (Å²) in [4.78, 5) is 24.9. The lowest BCUT2D eigenvalue weighted by Crippen LogP contribution is -2.44. The van der Waals surface area contributed by atoms with Crippen LogP contribution in [0.15, 0.2) is 54.6 Å². The number of benzene rings is 2. The molecule has 2 aromatic rings. The number of rotatable bonds is 4. The maximum absolute atomic E-state index is 12.6. The van der Waals surface area contributed by atoms with Gasteiger partial charge in [-0.15, -0.1) is 0 Å². The number of esters is 1. The molecule has 1 atom stereocenters. The zero-order valence-corrected chi connectivity index (χ0v) is 14.6. The molecule has 0 fully saturated rings. The molecule has 1 unspecified atom stereocenters. The van der Waals surface area contributed by atoms with E-state index in [0.29, 0.717) is 16.1 Å². The van der Waals surface area contributed by atoms with Crippen molar-refractivity contribution in [3.8, 4) is 0 Å². The van der Waals surface area contributed by atoms with Crippen molar-refractivity contribution in [3.63, 3.8) is 0 Å². The highest BCUT2D eigenvalue weighted by molar-refractivity contribution is 6.30. The van der Waals surface area contributed by atoms with Crippen molar-refractivity contribution >= 4 is 23.5 Å². The molecule has 24 heavy (non-hydrogen) atoms. The van der Waals surface area contributed by atoms with Gasteiger partial charge in [0.05, 0.1) is 5.56 Å². The molecule has 0 aliphatic heterocycles. The van der Waals surface area contributed by atoms with Crippen LogP contribution in [0.4, 0.5) is 0 Å². The minimum absolute atomic E-state index is 0.380. The van der Waals surface area contributed by atoms with Gasteiger partial charge in [-0.05, 0) is 45.0 Å². The van der Waals surface area contributed by atoms with E-state index in [0.717, 1.165) is 0 Å². The zero-order chi connectivity index (χ0) is 17.7. The smallest absolute Gasteiger partial charge is 0.339 e. The van der Waals surface area contributed by atoms with Gasteiger partial charge < -0.3 is 10.1 Å². The van der Waals surface area contributed by atoms with E-state index in [9.17, 15) is 9.59 Å². The molecular formula is C19H20ClNO3. The lowest BCUT2D eigenvalue weighted by Gasteiger charge is -2.25. The third-order valence-electron chi connectivity index (χ3n) is 3.14. The van der Waals surface area contributed by atoms with Crippen LogP contribution in [0, 0.1) is 0 Å². The lowest BCUT2D eigenvalue weighted by atomic mass is 10.1. The molecule has 4 nitrogen and oxygen atoms in total. The topological polar surface area (TPSA) is 55.4 Å². The van der Waals surface area contributed by atoms with Crippen molar-refractivity contribution in [2.75, 3.05) is 0 Å². The molecule has 0 saturated carbocycles. The number of hydrogen-bond acceptors (Lipinski definition) is 3. The molecule has 5 heteroatoms. The highest BCUT2D eigenvalue weighted by Crippen LogP contribution is 2.22. The number of carbonyl (C=O) groups excluding carboxylic acids is 2. The number of ether oxygens (including phenoxy) is 1. The summed E-state index contributed by atoms with van der Waals surface area (Å²) in [5, 5.41) is 3.38. The van der Waals surface area contributed by atoms with Crippen LogP contribution in [-0.2, 0) is 9.53 Å². The molecule has 2 rings (SSSR count). The maximum atomic E-state index is 12.6. The van der Waals surface area contributed by atoms with E-state index in [-0.39, 0.29) is 5.91 Å². The van der Waals surface area contributed by atoms with Gasteiger partial charge >= 0.3 is 5.97 Å². The van der Waals surface area contributed by atoms with E-state index >= 15 is 0 Å². The summed E-state index contributed by atoms with van der Waals surface area (Å²) < 4.78 is 5.48. The van der Waals surface area contributed by atoms with Crippen LogP contribution in [0.3, 0.4) is 0 Å². The molecule has 0 aromatic heterocycles. The van der Waals surface area contributed by atoms with Crippen LogP contribution in [0.2, 0.25) is 5.02 Å². The minimum Gasteiger partial charge on any atom is -0.444 e. The Kier molecular flexibility index (Phi) is 5.62. The number of amides is 1. The predicted octanol–water partition coefficient (Wildman–Crippen LogP) is 4.15. The maximum Gasteiger partial charge on any atom is 0.339 e. The molecule has 126 valence electrons. The summed E-state index contributed by atoms with van der Waals surface area (Å²) in [6.07, 6.45) is -1.05. The average Bonchev–Trinajstić information content (AvgIpc) is 2.52. The number of hydrogen-bond donors (Lipinski definition) is 1. The van der Waals surface area contributed by atoms with E-state index in [1.807, 2.05) is 20.8 Å². The second kappa shape index (κ2) is 7.49. The van der Waals surface area contributed by atoms with Crippen molar-refractivity contribution in [1.29, 1.82) is 0 Å². The summed E-state index contributed by atoms with van der Waals surface area (Å²) in [6.45, 7) is 5.59. The first-order valence-electron chi connectivity index (χ1n) is 7.60. The van der Waals surface area contributed by atoms with Crippen molar-refractivity contribution < 1.29 is 14.3 Å². The number of carbonyl (C=O) groups is 2. The molecule has 0 saturated heterocycles. The summed E-state index contributed by atoms with van der Waals surface area (Å²) in [7, 11) is 0. The molecule has 0 heterocycles. The fraction of sp³-hybridized carbons (Fsp3) is 0.263. The van der Waals surface area contributed by atoms with Crippen LogP contribution in [0.1, 0.15) is 42.8 Å². The quantitative estimate of drug-likeness (QED) is 0.847. The molecule has 0 spiro atoms. The molecule has 1 amide bonds. The van der Waals surface area contributed by atoms with Gasteiger partial charge in [-0.2, -0.15) is 0 Å². The summed E-state index contributed by atoms with van der Waals surface area (Å²) in [6, 6.07) is 15.2. The number of nitrogens with one attached hydrogen (secondary N) is 1. The van der Waals surface area contributed by atoms with E-state index in [1.54, 1.807) is 54.6 Å². The Morgan fingerprint density at radius 2 is 1.58 bits per heavy atom. The number of halogens is 1. The third kappa shape index (κ3) is 5.10. The summed E-state index contributed by atoms with van der Waals surface area (Å²) in [5.74, 6) is -0.936. The predicted molar refractivity (Wildman–Crippen MR) is 93.9 cm³/mol. The first kappa shape index (κ1) is 18.0. The Balaban J connectivity index is 2.27. The Morgan fingerprint density at radius 1 is 1.00 bits per heavy atom. The van der Waals surface area contributed by atoms with E-state index in [4.69, 9.17) is 16.3 Å². The van der Waals surface area contributed by atoms with Crippen molar-refractivity contribution in [3.05, 3.63) is 70.7 Å². The van der Waals surface area contributed by atoms with Crippen LogP contribution in [0.25, 0.3) is 0 Å². The fourth-order valence-electron chi connectivity index (χ4n) is 2.09. The van der Waals surface area contributed by atoms with Crippen molar-refractivity contribution in [2.24, 2.45) is 0 Å². The first-order valence-corrected chi connectivity index (χ1v) is 7.97. The normalized spacial score (nSPS) is 12.3. The van der Waals surface area contributed by atoms with E-state index < -0.39 is 17.6 Å². The second-order valence-electron chi connectivity index (χ2n) is 6.44. The highest BCUT2D eigenvalue weighted by atomic mass is 35.5. The first-order chi connectivity index (χ1) is 11.3. The molecule has 0 aliphatic carbocycles. The summed E-state index contributed by atoms with van der Waals surface area (Å²) >= 11 is 5.90. The summed E-state index contributed by atoms with van der Waals surface area (Å²) in [5.41, 5.74) is 0.506. The Labute approximate surface area is 146 Å². The van der Waals surface area contributed by atoms with Crippen molar-refractivity contribution in [2.45, 2.75) is 32.4 Å². The van der Waals surface area contributed by atoms with Gasteiger partial charge in [0.1, 0.15) is 0 Å². The zero-order valence-electron chi connectivity index (χ0n) is 13.9. The van der Waals surface area contributed by atoms with Crippen LogP contribution in [0.5, 0.6) is 0 Å². The van der Waals surface area contributed by atoms with E-state index in [2.05, 4.69) is 5.32 Å². The van der Waals surface area contributed by atoms with Crippen molar-refractivity contribution in [1.82, 2.24) is 5.32 Å². The molecular weight excluding hydrogens is 326 g/mol. The van der Waals surface area contributed by atoms with Crippen LogP contribution in [-0.4, -0.2) is 17.4 Å². The van der Waals surface area contributed by atoms with Gasteiger partial charge in [0, 0.05) is 16.1 Å². The Morgan fingerprint density at radius 3 is 2.12 bits per heavy atom. The fourth-order valence-corrected chi connectivity index (χ4v) is 2.22. The molecule has 0 radical (unpaired) electrons. The van der Waals surface area contributed by atoms with Gasteiger partial charge in [-0.3, -0.25) is 4.79 Å². The monoisotopic (exact) mass is 345 g/mol. The average molecular weight is 346 g/mol. The minimum atomic E-state index is -1.05. The lowest BCUT2D eigenvalue weighted by molar-refractivity contribution is -0.131. The standard InChI is InChI=1S/C19H20ClNO3/c1-19(2,3)21-17(22)16(13-9-11-15(20)12-10-13)24-18(23)14-7-5-4-6-8-14/h4-12,16H,1-3H3,(H,21,22). The molecule has 0 aliphatic rings. The van der Waals surface area contributed by atoms with E-state index in [1.165, 1.54) is 0 Å². The Bertz CT molecular complexity index is 706. The van der Waals surface area contributed by atoms with Gasteiger partial charge in [-0.1, -0.05) is 41.9 Å². The SMILES string of the molecule is CC(C)(C)NC(=O)C(OC(=O)c1ccccc1)c1ccc(Cl)cc1. The molecule has 0 bridgehead atoms. The molecule has 1 N–H and O–H groups in total. The second-order valence-corrected chi connectivity index (χ2v) is 6.88. The van der Waals surface area contributed by atoms with Crippen LogP contribution < -0.4 is 5.32 Å². The third-order valence-corrected chi connectivity index (χ3v) is 3.40. The van der Waals surface area contributed by atoms with Gasteiger partial charge in [0.25, 0.3) is 5.91 Å². The van der Waals surface area contributed by atoms with Gasteiger partial charge in [0.2, 0.25) is 6.10 Å². The largest absolute Gasteiger partial charge is 0.444 e. The highest BCUT2D eigenvalue weighted by Gasteiger charge is 2.28. The molecule has 2 aromatic carbocycles.